The largest absolute Gasteiger partial charge is 0.494 e. The Kier molecular flexibility index (Phi) is 5.14. The lowest BCUT2D eigenvalue weighted by atomic mass is 9.98. The van der Waals surface area contributed by atoms with Crippen LogP contribution in [0.1, 0.15) is 45.7 Å². The van der Waals surface area contributed by atoms with E-state index in [-0.39, 0.29) is 35.1 Å². The lowest BCUT2D eigenvalue weighted by Gasteiger charge is -2.17. The first-order valence-electron chi connectivity index (χ1n) is 9.55. The number of halogens is 1. The SMILES string of the molecule is Cc1c(C(=O)c2oc3ccc(Cl)cc3c2C)c(O)n(CC2CCCO2)c(=O)c1C#N. The van der Waals surface area contributed by atoms with Gasteiger partial charge in [-0.25, -0.2) is 0 Å². The van der Waals surface area contributed by atoms with E-state index in [9.17, 15) is 20.0 Å². The van der Waals surface area contributed by atoms with Gasteiger partial charge in [0.25, 0.3) is 5.56 Å². The molecule has 1 aliphatic heterocycles. The van der Waals surface area contributed by atoms with Gasteiger partial charge in [-0.3, -0.25) is 14.2 Å². The maximum atomic E-state index is 13.4. The van der Waals surface area contributed by atoms with Crippen molar-refractivity contribution in [3.8, 4) is 11.9 Å². The Balaban J connectivity index is 1.90. The third-order valence-corrected chi connectivity index (χ3v) is 5.78. The van der Waals surface area contributed by atoms with Crippen LogP contribution in [-0.4, -0.2) is 28.2 Å². The molecule has 1 saturated heterocycles. The Morgan fingerprint density at radius 3 is 2.80 bits per heavy atom. The Labute approximate surface area is 177 Å². The predicted molar refractivity (Wildman–Crippen MR) is 110 cm³/mol. The zero-order chi connectivity index (χ0) is 21.6. The molecule has 0 radical (unpaired) electrons. The van der Waals surface area contributed by atoms with Gasteiger partial charge < -0.3 is 14.3 Å². The molecule has 1 unspecified atom stereocenters. The van der Waals surface area contributed by atoms with Crippen LogP contribution in [0.2, 0.25) is 5.02 Å². The van der Waals surface area contributed by atoms with Crippen LogP contribution in [0.4, 0.5) is 0 Å². The van der Waals surface area contributed by atoms with Gasteiger partial charge in [0, 0.05) is 22.6 Å². The van der Waals surface area contributed by atoms with E-state index >= 15 is 0 Å². The molecule has 8 heteroatoms. The fourth-order valence-corrected chi connectivity index (χ4v) is 4.08. The van der Waals surface area contributed by atoms with E-state index in [1.165, 1.54) is 6.92 Å². The number of carbonyl (C=O) groups excluding carboxylic acids is 1. The highest BCUT2D eigenvalue weighted by molar-refractivity contribution is 6.31. The summed E-state index contributed by atoms with van der Waals surface area (Å²) in [6.07, 6.45) is 1.32. The summed E-state index contributed by atoms with van der Waals surface area (Å²) in [5.41, 5.74) is 0.194. The summed E-state index contributed by atoms with van der Waals surface area (Å²) in [5, 5.41) is 21.6. The number of carbonyl (C=O) groups is 1. The molecule has 0 amide bonds. The van der Waals surface area contributed by atoms with Crippen LogP contribution in [0.3, 0.4) is 0 Å². The summed E-state index contributed by atoms with van der Waals surface area (Å²) >= 11 is 6.05. The third-order valence-electron chi connectivity index (χ3n) is 5.54. The topological polar surface area (TPSA) is 105 Å². The molecule has 1 aliphatic rings. The molecule has 0 bridgehead atoms. The Morgan fingerprint density at radius 1 is 1.37 bits per heavy atom. The highest BCUT2D eigenvalue weighted by atomic mass is 35.5. The molecule has 1 fully saturated rings. The fourth-order valence-electron chi connectivity index (χ4n) is 3.91. The molecule has 1 atom stereocenters. The zero-order valence-corrected chi connectivity index (χ0v) is 17.2. The Bertz CT molecular complexity index is 1280. The van der Waals surface area contributed by atoms with Gasteiger partial charge >= 0.3 is 0 Å². The van der Waals surface area contributed by atoms with Crippen molar-refractivity contribution in [3.63, 3.8) is 0 Å². The predicted octanol–water partition coefficient (Wildman–Crippen LogP) is 3.85. The van der Waals surface area contributed by atoms with Gasteiger partial charge in [0.15, 0.2) is 5.76 Å². The first-order chi connectivity index (χ1) is 14.3. The molecule has 4 rings (SSSR count). The van der Waals surface area contributed by atoms with Crippen molar-refractivity contribution in [1.82, 2.24) is 4.57 Å². The number of fused-ring (bicyclic) bond motifs is 1. The van der Waals surface area contributed by atoms with Gasteiger partial charge in [-0.05, 0) is 50.5 Å². The summed E-state index contributed by atoms with van der Waals surface area (Å²) < 4.78 is 12.3. The fraction of sp³-hybridized carbons (Fsp3) is 0.318. The number of hydrogen-bond donors (Lipinski definition) is 1. The summed E-state index contributed by atoms with van der Waals surface area (Å²) in [6, 6.07) is 6.87. The summed E-state index contributed by atoms with van der Waals surface area (Å²) in [7, 11) is 0. The number of ether oxygens (including phenoxy) is 1. The third kappa shape index (κ3) is 3.18. The molecular weight excluding hydrogens is 408 g/mol. The normalized spacial score (nSPS) is 16.1. The number of aromatic hydroxyl groups is 1. The molecule has 3 heterocycles. The number of nitriles is 1. The summed E-state index contributed by atoms with van der Waals surface area (Å²) in [5.74, 6) is -1.07. The summed E-state index contributed by atoms with van der Waals surface area (Å²) in [6.45, 7) is 3.83. The van der Waals surface area contributed by atoms with E-state index in [1.807, 2.05) is 6.07 Å². The first-order valence-corrected chi connectivity index (χ1v) is 9.92. The van der Waals surface area contributed by atoms with Crippen LogP contribution in [0.25, 0.3) is 11.0 Å². The molecule has 30 heavy (non-hydrogen) atoms. The molecule has 1 aromatic carbocycles. The Morgan fingerprint density at radius 2 is 2.13 bits per heavy atom. The van der Waals surface area contributed by atoms with Crippen molar-refractivity contribution < 1.29 is 19.1 Å². The van der Waals surface area contributed by atoms with Crippen molar-refractivity contribution in [1.29, 1.82) is 5.26 Å². The number of aromatic nitrogens is 1. The second kappa shape index (κ2) is 7.63. The second-order valence-corrected chi connectivity index (χ2v) is 7.82. The molecule has 7 nitrogen and oxygen atoms in total. The molecule has 154 valence electrons. The smallest absolute Gasteiger partial charge is 0.271 e. The van der Waals surface area contributed by atoms with E-state index in [0.29, 0.717) is 28.2 Å². The standard InChI is InChI=1S/C22H19ClN2O5/c1-11-16(9-24)21(27)25(10-14-4-3-7-29-14)22(28)18(11)19(26)20-12(2)15-8-13(23)5-6-17(15)30-20/h5-6,8,14,28H,3-4,7,10H2,1-2H3. The first kappa shape index (κ1) is 20.2. The van der Waals surface area contributed by atoms with Crippen molar-refractivity contribution in [2.45, 2.75) is 39.3 Å². The minimum Gasteiger partial charge on any atom is -0.494 e. The molecule has 1 N–H and O–H groups in total. The van der Waals surface area contributed by atoms with Crippen molar-refractivity contribution in [2.75, 3.05) is 6.61 Å². The highest BCUT2D eigenvalue weighted by Crippen LogP contribution is 2.32. The number of furan rings is 1. The van der Waals surface area contributed by atoms with E-state index in [4.69, 9.17) is 20.8 Å². The van der Waals surface area contributed by atoms with Crippen LogP contribution in [0.5, 0.6) is 5.88 Å². The van der Waals surface area contributed by atoms with Gasteiger partial charge in [0.2, 0.25) is 11.7 Å². The van der Waals surface area contributed by atoms with Gasteiger partial charge in [0.05, 0.1) is 18.2 Å². The lowest BCUT2D eigenvalue weighted by molar-refractivity contribution is 0.0926. The maximum Gasteiger partial charge on any atom is 0.271 e. The minimum absolute atomic E-state index is 0.0249. The number of hydrogen-bond acceptors (Lipinski definition) is 6. The van der Waals surface area contributed by atoms with Crippen molar-refractivity contribution >= 4 is 28.4 Å². The quantitative estimate of drug-likeness (QED) is 0.635. The van der Waals surface area contributed by atoms with E-state index < -0.39 is 17.2 Å². The molecule has 0 aliphatic carbocycles. The van der Waals surface area contributed by atoms with E-state index in [2.05, 4.69) is 0 Å². The minimum atomic E-state index is -0.646. The van der Waals surface area contributed by atoms with Gasteiger partial charge in [0.1, 0.15) is 17.2 Å². The number of rotatable bonds is 4. The molecule has 0 saturated carbocycles. The van der Waals surface area contributed by atoms with Gasteiger partial charge in [-0.1, -0.05) is 11.6 Å². The monoisotopic (exact) mass is 426 g/mol. The van der Waals surface area contributed by atoms with Crippen LogP contribution in [0.15, 0.2) is 27.4 Å². The zero-order valence-electron chi connectivity index (χ0n) is 16.5. The lowest BCUT2D eigenvalue weighted by Crippen LogP contribution is -2.30. The molecule has 3 aromatic rings. The number of benzene rings is 1. The van der Waals surface area contributed by atoms with Crippen LogP contribution >= 0.6 is 11.6 Å². The summed E-state index contributed by atoms with van der Waals surface area (Å²) in [4.78, 5) is 26.2. The molecule has 2 aromatic heterocycles. The maximum absolute atomic E-state index is 13.4. The number of aryl methyl sites for hydroxylation is 1. The molecule has 0 spiro atoms. The number of pyridine rings is 1. The van der Waals surface area contributed by atoms with Crippen molar-refractivity contribution in [2.24, 2.45) is 0 Å². The average molecular weight is 427 g/mol. The second-order valence-electron chi connectivity index (χ2n) is 7.39. The van der Waals surface area contributed by atoms with Crippen LogP contribution < -0.4 is 5.56 Å². The average Bonchev–Trinajstić information content (AvgIpc) is 3.34. The van der Waals surface area contributed by atoms with Crippen LogP contribution in [0, 0.1) is 25.2 Å². The van der Waals surface area contributed by atoms with E-state index in [0.717, 1.165) is 17.4 Å². The van der Waals surface area contributed by atoms with Gasteiger partial charge in [-0.15, -0.1) is 0 Å². The number of nitrogens with zero attached hydrogens (tertiary/aromatic N) is 2. The highest BCUT2D eigenvalue weighted by Gasteiger charge is 2.30. The van der Waals surface area contributed by atoms with Gasteiger partial charge in [-0.2, -0.15) is 5.26 Å². The van der Waals surface area contributed by atoms with Crippen molar-refractivity contribution in [3.05, 3.63) is 61.6 Å². The molecular formula is C22H19ClN2O5. The van der Waals surface area contributed by atoms with Crippen LogP contribution in [-0.2, 0) is 11.3 Å². The number of ketones is 1. The Hall–Kier alpha value is -3.08. The van der Waals surface area contributed by atoms with E-state index in [1.54, 1.807) is 25.1 Å².